The first-order chi connectivity index (χ1) is 16.2. The highest BCUT2D eigenvalue weighted by atomic mass is 19.1. The Hall–Kier alpha value is -3.46. The topological polar surface area (TPSA) is 95.0 Å². The summed E-state index contributed by atoms with van der Waals surface area (Å²) in [5, 5.41) is 12.5. The third kappa shape index (κ3) is 5.91. The molecule has 1 aliphatic heterocycles. The van der Waals surface area contributed by atoms with Crippen LogP contribution in [0.25, 0.3) is 6.08 Å². The quantitative estimate of drug-likeness (QED) is 0.672. The van der Waals surface area contributed by atoms with Crippen LogP contribution in [0, 0.1) is 11.7 Å². The Labute approximate surface area is 199 Å². The Bertz CT molecular complexity index is 1040. The van der Waals surface area contributed by atoms with Crippen molar-refractivity contribution in [2.75, 3.05) is 32.1 Å². The molecule has 0 saturated heterocycles. The van der Waals surface area contributed by atoms with Crippen LogP contribution in [0.2, 0.25) is 0 Å². The van der Waals surface area contributed by atoms with E-state index in [0.29, 0.717) is 17.8 Å². The van der Waals surface area contributed by atoms with Crippen LogP contribution in [0.3, 0.4) is 0 Å². The standard InChI is InChI=1S/C25H31FN4O4/c1-5-6-18-11-21-23(27-12-18)34-22(16(2)13-30(24(21)32)17(3)15-31)14-29(4)25(33)28-20-9-7-19(26)8-10-20/h5-12,16-17,22,31H,13-15H2,1-4H3,(H,28,33)/b6-5+/t16-,17+,22-/m0/s1. The average molecular weight is 471 g/mol. The SMILES string of the molecule is C/C=C/c1cnc2c(c1)C(=O)N([C@H](C)CO)C[C@H](C)[C@H](CN(C)C(=O)Nc1ccc(F)cc1)O2. The van der Waals surface area contributed by atoms with Gasteiger partial charge in [-0.1, -0.05) is 19.1 Å². The largest absolute Gasteiger partial charge is 0.472 e. The van der Waals surface area contributed by atoms with Crippen molar-refractivity contribution in [1.29, 1.82) is 0 Å². The van der Waals surface area contributed by atoms with Crippen molar-refractivity contribution in [3.05, 3.63) is 59.5 Å². The highest BCUT2D eigenvalue weighted by molar-refractivity contribution is 5.97. The molecule has 182 valence electrons. The number of nitrogens with one attached hydrogen (secondary N) is 1. The number of aliphatic hydroxyl groups is 1. The molecule has 0 bridgehead atoms. The van der Waals surface area contributed by atoms with Gasteiger partial charge >= 0.3 is 6.03 Å². The minimum absolute atomic E-state index is 0.163. The summed E-state index contributed by atoms with van der Waals surface area (Å²) in [5.41, 5.74) is 1.55. The van der Waals surface area contributed by atoms with Crippen LogP contribution in [0.15, 0.2) is 42.6 Å². The molecule has 3 atom stereocenters. The van der Waals surface area contributed by atoms with Crippen molar-refractivity contribution in [3.63, 3.8) is 0 Å². The van der Waals surface area contributed by atoms with E-state index in [1.807, 2.05) is 26.0 Å². The van der Waals surface area contributed by atoms with Gasteiger partial charge < -0.3 is 25.0 Å². The maximum atomic E-state index is 13.3. The van der Waals surface area contributed by atoms with E-state index in [4.69, 9.17) is 4.74 Å². The molecule has 34 heavy (non-hydrogen) atoms. The summed E-state index contributed by atoms with van der Waals surface area (Å²) in [6, 6.07) is 6.46. The maximum absolute atomic E-state index is 13.3. The van der Waals surface area contributed by atoms with Crippen molar-refractivity contribution in [2.24, 2.45) is 5.92 Å². The molecule has 0 spiro atoms. The van der Waals surface area contributed by atoms with E-state index in [-0.39, 0.29) is 42.7 Å². The van der Waals surface area contributed by atoms with E-state index < -0.39 is 12.1 Å². The second-order valence-electron chi connectivity index (χ2n) is 8.56. The third-order valence-electron chi connectivity index (χ3n) is 5.80. The lowest BCUT2D eigenvalue weighted by molar-refractivity contribution is 0.0356. The van der Waals surface area contributed by atoms with Gasteiger partial charge in [0.2, 0.25) is 5.88 Å². The van der Waals surface area contributed by atoms with E-state index in [9.17, 15) is 19.1 Å². The fourth-order valence-electron chi connectivity index (χ4n) is 3.72. The van der Waals surface area contributed by atoms with E-state index >= 15 is 0 Å². The number of benzene rings is 1. The summed E-state index contributed by atoms with van der Waals surface area (Å²) in [5.74, 6) is -0.618. The lowest BCUT2D eigenvalue weighted by Gasteiger charge is -2.37. The number of fused-ring (bicyclic) bond motifs is 1. The van der Waals surface area contributed by atoms with Gasteiger partial charge in [0.15, 0.2) is 0 Å². The van der Waals surface area contributed by atoms with Crippen LogP contribution < -0.4 is 10.1 Å². The first-order valence-corrected chi connectivity index (χ1v) is 11.2. The molecule has 1 aromatic heterocycles. The van der Waals surface area contributed by atoms with Crippen LogP contribution in [0.1, 0.15) is 36.7 Å². The molecule has 8 nitrogen and oxygen atoms in total. The number of likely N-dealkylation sites (N-methyl/N-ethyl adjacent to an activating group) is 1. The number of hydrogen-bond donors (Lipinski definition) is 2. The molecule has 9 heteroatoms. The van der Waals surface area contributed by atoms with Gasteiger partial charge in [0.1, 0.15) is 17.5 Å². The number of carbonyl (C=O) groups is 2. The fourth-order valence-corrected chi connectivity index (χ4v) is 3.72. The Morgan fingerprint density at radius 2 is 2.12 bits per heavy atom. The number of urea groups is 1. The Balaban J connectivity index is 1.85. The van der Waals surface area contributed by atoms with Gasteiger partial charge in [-0.15, -0.1) is 0 Å². The zero-order chi connectivity index (χ0) is 24.8. The van der Waals surface area contributed by atoms with Gasteiger partial charge in [0, 0.05) is 31.4 Å². The summed E-state index contributed by atoms with van der Waals surface area (Å²) in [6.07, 6.45) is 4.85. The average Bonchev–Trinajstić information content (AvgIpc) is 2.82. The number of amides is 3. The number of hydrogen-bond acceptors (Lipinski definition) is 5. The van der Waals surface area contributed by atoms with Gasteiger partial charge in [0.05, 0.1) is 19.2 Å². The monoisotopic (exact) mass is 470 g/mol. The number of anilines is 1. The molecule has 1 aliphatic rings. The molecule has 2 N–H and O–H groups in total. The van der Waals surface area contributed by atoms with Crippen LogP contribution in [-0.4, -0.2) is 70.7 Å². The van der Waals surface area contributed by atoms with Gasteiger partial charge in [-0.25, -0.2) is 14.2 Å². The molecule has 0 saturated carbocycles. The third-order valence-corrected chi connectivity index (χ3v) is 5.80. The lowest BCUT2D eigenvalue weighted by atomic mass is 10.00. The molecular formula is C25H31FN4O4. The number of aromatic nitrogens is 1. The second-order valence-corrected chi connectivity index (χ2v) is 8.56. The van der Waals surface area contributed by atoms with Gasteiger partial charge in [0.25, 0.3) is 5.91 Å². The van der Waals surface area contributed by atoms with Crippen molar-refractivity contribution in [3.8, 4) is 5.88 Å². The van der Waals surface area contributed by atoms with Gasteiger partial charge in [-0.3, -0.25) is 4.79 Å². The first kappa shape index (κ1) is 25.2. The summed E-state index contributed by atoms with van der Waals surface area (Å²) in [4.78, 5) is 33.5. The normalized spacial score (nSPS) is 19.1. The maximum Gasteiger partial charge on any atom is 0.321 e. The molecule has 3 rings (SSSR count). The lowest BCUT2D eigenvalue weighted by Crippen LogP contribution is -2.50. The van der Waals surface area contributed by atoms with E-state index in [1.165, 1.54) is 29.2 Å². The summed E-state index contributed by atoms with van der Waals surface area (Å²) < 4.78 is 19.3. The number of aliphatic hydroxyl groups excluding tert-OH is 1. The van der Waals surface area contributed by atoms with Crippen LogP contribution in [0.5, 0.6) is 5.88 Å². The zero-order valence-corrected chi connectivity index (χ0v) is 19.9. The summed E-state index contributed by atoms with van der Waals surface area (Å²) in [7, 11) is 1.64. The number of rotatable bonds is 6. The van der Waals surface area contributed by atoms with Crippen LogP contribution in [0.4, 0.5) is 14.9 Å². The minimum Gasteiger partial charge on any atom is -0.472 e. The molecule has 2 heterocycles. The zero-order valence-electron chi connectivity index (χ0n) is 19.9. The van der Waals surface area contributed by atoms with Crippen molar-refractivity contribution < 1.29 is 23.8 Å². The Morgan fingerprint density at radius 3 is 2.76 bits per heavy atom. The molecule has 3 amide bonds. The number of ether oxygens (including phenoxy) is 1. The number of pyridine rings is 1. The first-order valence-electron chi connectivity index (χ1n) is 11.2. The molecule has 0 unspecified atom stereocenters. The molecule has 2 aromatic rings. The highest BCUT2D eigenvalue weighted by Gasteiger charge is 2.34. The number of allylic oxidation sites excluding steroid dienone is 1. The Kier molecular flexibility index (Phi) is 8.22. The second kappa shape index (κ2) is 11.1. The van der Waals surface area contributed by atoms with Crippen molar-refractivity contribution >= 4 is 23.7 Å². The molecule has 1 aromatic carbocycles. The summed E-state index contributed by atoms with van der Waals surface area (Å²) in [6.45, 7) is 5.97. The summed E-state index contributed by atoms with van der Waals surface area (Å²) >= 11 is 0. The molecular weight excluding hydrogens is 439 g/mol. The van der Waals surface area contributed by atoms with Crippen LogP contribution in [-0.2, 0) is 0 Å². The number of nitrogens with zero attached hydrogens (tertiary/aromatic N) is 3. The van der Waals surface area contributed by atoms with E-state index in [0.717, 1.165) is 5.56 Å². The smallest absolute Gasteiger partial charge is 0.321 e. The minimum atomic E-state index is -0.468. The number of carbonyl (C=O) groups excluding carboxylic acids is 2. The number of halogens is 1. The van der Waals surface area contributed by atoms with Gasteiger partial charge in [-0.2, -0.15) is 0 Å². The predicted molar refractivity (Wildman–Crippen MR) is 128 cm³/mol. The Morgan fingerprint density at radius 1 is 1.41 bits per heavy atom. The molecule has 0 radical (unpaired) electrons. The van der Waals surface area contributed by atoms with E-state index in [1.54, 1.807) is 31.1 Å². The molecule has 0 aliphatic carbocycles. The molecule has 0 fully saturated rings. The van der Waals surface area contributed by atoms with Crippen molar-refractivity contribution in [1.82, 2.24) is 14.8 Å². The predicted octanol–water partition coefficient (Wildman–Crippen LogP) is 3.64. The van der Waals surface area contributed by atoms with Gasteiger partial charge in [-0.05, 0) is 49.7 Å². The van der Waals surface area contributed by atoms with Crippen molar-refractivity contribution in [2.45, 2.75) is 32.9 Å². The van der Waals surface area contributed by atoms with E-state index in [2.05, 4.69) is 10.3 Å². The highest BCUT2D eigenvalue weighted by Crippen LogP contribution is 2.27. The van der Waals surface area contributed by atoms with Crippen LogP contribution >= 0.6 is 0 Å². The fraction of sp³-hybridized carbons (Fsp3) is 0.400.